The van der Waals surface area contributed by atoms with E-state index in [1.807, 2.05) is 0 Å². The van der Waals surface area contributed by atoms with Gasteiger partial charge in [-0.25, -0.2) is 4.98 Å². The van der Waals surface area contributed by atoms with Gasteiger partial charge in [0, 0.05) is 6.20 Å². The van der Waals surface area contributed by atoms with Crippen LogP contribution in [0, 0.1) is 0 Å². The second-order valence-electron chi connectivity index (χ2n) is 4.35. The topological polar surface area (TPSA) is 97.5 Å². The lowest BCUT2D eigenvalue weighted by molar-refractivity contribution is -0.138. The zero-order valence-corrected chi connectivity index (χ0v) is 14.1. The van der Waals surface area contributed by atoms with Crippen molar-refractivity contribution in [2.75, 3.05) is 0 Å². The molecule has 0 aromatic carbocycles. The average Bonchev–Trinajstić information content (AvgIpc) is 3.02. The maximum Gasteiger partial charge on any atom is 0.445 e. The van der Waals surface area contributed by atoms with Crippen LogP contribution in [0.1, 0.15) is 5.01 Å². The third-order valence-electron chi connectivity index (χ3n) is 2.78. The third kappa shape index (κ3) is 2.95. The van der Waals surface area contributed by atoms with E-state index in [0.717, 1.165) is 16.7 Å². The van der Waals surface area contributed by atoms with E-state index >= 15 is 0 Å². The number of aromatic nitrogens is 4. The number of alkyl halides is 3. The molecule has 0 unspecified atom stereocenters. The van der Waals surface area contributed by atoms with E-state index in [0.29, 0.717) is 0 Å². The van der Waals surface area contributed by atoms with Crippen LogP contribution in [0.3, 0.4) is 0 Å². The fourth-order valence-corrected chi connectivity index (χ4v) is 3.71. The van der Waals surface area contributed by atoms with Gasteiger partial charge in [-0.15, -0.1) is 10.2 Å². The van der Waals surface area contributed by atoms with Gasteiger partial charge >= 0.3 is 6.18 Å². The molecule has 0 saturated heterocycles. The Bertz CT molecular complexity index is 1060. The first-order chi connectivity index (χ1) is 11.0. The van der Waals surface area contributed by atoms with Gasteiger partial charge in [-0.1, -0.05) is 34.5 Å². The van der Waals surface area contributed by atoms with E-state index < -0.39 is 26.2 Å². The molecule has 128 valence electrons. The van der Waals surface area contributed by atoms with Gasteiger partial charge in [0.25, 0.3) is 10.1 Å². The van der Waals surface area contributed by atoms with Crippen LogP contribution in [0.5, 0.6) is 0 Å². The molecule has 0 atom stereocenters. The van der Waals surface area contributed by atoms with E-state index in [4.69, 9.17) is 27.8 Å². The highest BCUT2D eigenvalue weighted by Gasteiger charge is 2.36. The molecular formula is C10H3Cl2F3N4O3S2. The van der Waals surface area contributed by atoms with Crippen molar-refractivity contribution in [2.45, 2.75) is 11.1 Å². The van der Waals surface area contributed by atoms with Crippen molar-refractivity contribution in [3.05, 3.63) is 27.4 Å². The first kappa shape index (κ1) is 17.4. The Hall–Kier alpha value is -1.47. The molecule has 0 saturated carbocycles. The first-order valence-electron chi connectivity index (χ1n) is 5.74. The lowest BCUT2D eigenvalue weighted by Crippen LogP contribution is -2.03. The molecule has 0 amide bonds. The molecule has 14 heteroatoms. The maximum atomic E-state index is 12.6. The highest BCUT2D eigenvalue weighted by Crippen LogP contribution is 2.37. The number of nitrogens with zero attached hydrogens (tertiary/aromatic N) is 4. The number of hydrogen-bond acceptors (Lipinski definition) is 6. The third-order valence-corrected chi connectivity index (χ3v) is 5.11. The molecule has 0 radical (unpaired) electrons. The molecule has 3 heterocycles. The van der Waals surface area contributed by atoms with E-state index in [1.54, 1.807) is 0 Å². The molecule has 3 aromatic rings. The molecule has 0 aliphatic heterocycles. The minimum atomic E-state index is -4.69. The summed E-state index contributed by atoms with van der Waals surface area (Å²) < 4.78 is 70.6. The molecular weight excluding hydrogens is 416 g/mol. The first-order valence-corrected chi connectivity index (χ1v) is 8.75. The normalized spacial score (nSPS) is 12.9. The zero-order valence-electron chi connectivity index (χ0n) is 10.9. The monoisotopic (exact) mass is 418 g/mol. The van der Waals surface area contributed by atoms with Crippen molar-refractivity contribution in [1.29, 1.82) is 0 Å². The van der Waals surface area contributed by atoms with Crippen molar-refractivity contribution in [3.63, 3.8) is 0 Å². The van der Waals surface area contributed by atoms with E-state index in [2.05, 4.69) is 15.2 Å². The number of rotatable bonds is 2. The van der Waals surface area contributed by atoms with E-state index in [9.17, 15) is 21.6 Å². The Kier molecular flexibility index (Phi) is 3.99. The van der Waals surface area contributed by atoms with Crippen LogP contribution >= 0.6 is 34.5 Å². The number of fused-ring (bicyclic) bond motifs is 1. The molecule has 1 N–H and O–H groups in total. The number of imidazole rings is 1. The van der Waals surface area contributed by atoms with Gasteiger partial charge in [-0.05, 0) is 6.07 Å². The molecule has 0 spiro atoms. The van der Waals surface area contributed by atoms with Crippen molar-refractivity contribution >= 4 is 50.2 Å². The Labute approximate surface area is 145 Å². The van der Waals surface area contributed by atoms with Gasteiger partial charge in [0.2, 0.25) is 5.01 Å². The molecule has 0 aliphatic rings. The average molecular weight is 419 g/mol. The van der Waals surface area contributed by atoms with Gasteiger partial charge in [0.15, 0.2) is 16.0 Å². The summed E-state index contributed by atoms with van der Waals surface area (Å²) in [5.41, 5.74) is 0.0458. The summed E-state index contributed by atoms with van der Waals surface area (Å²) in [6.45, 7) is 0. The molecule has 7 nitrogen and oxygen atoms in total. The molecule has 0 fully saturated rings. The Balaban J connectivity index is 2.29. The van der Waals surface area contributed by atoms with Gasteiger partial charge in [-0.3, -0.25) is 8.95 Å². The van der Waals surface area contributed by atoms with Gasteiger partial charge in [0.1, 0.15) is 10.4 Å². The fourth-order valence-electron chi connectivity index (χ4n) is 1.82. The van der Waals surface area contributed by atoms with Crippen molar-refractivity contribution in [3.8, 4) is 10.8 Å². The second-order valence-corrected chi connectivity index (χ2v) is 7.52. The Morgan fingerprint density at radius 1 is 1.25 bits per heavy atom. The summed E-state index contributed by atoms with van der Waals surface area (Å²) >= 11 is 12.0. The number of hydrogen-bond donors (Lipinski definition) is 1. The van der Waals surface area contributed by atoms with E-state index in [1.165, 1.54) is 0 Å². The molecule has 3 rings (SSSR count). The molecule has 0 bridgehead atoms. The predicted octanol–water partition coefficient (Wildman–Crippen LogP) is 3.43. The van der Waals surface area contributed by atoms with Gasteiger partial charge in [-0.2, -0.15) is 21.6 Å². The number of pyridine rings is 1. The molecule has 0 aliphatic carbocycles. The standard InChI is InChI=1S/C10H3Cl2F3N4O3S2/c11-4-1-3(24(20,21)22)2-19-5(4)6(12)16-7(19)8-17-18-9(23-8)10(13,14)15/h1-2H,(H,20,21,22). The van der Waals surface area contributed by atoms with Crippen molar-refractivity contribution in [1.82, 2.24) is 19.6 Å². The van der Waals surface area contributed by atoms with Crippen LogP contribution in [0.25, 0.3) is 16.3 Å². The summed E-state index contributed by atoms with van der Waals surface area (Å²) in [6.07, 6.45) is -3.77. The Morgan fingerprint density at radius 2 is 1.92 bits per heavy atom. The van der Waals surface area contributed by atoms with Crippen LogP contribution in [-0.4, -0.2) is 32.6 Å². The van der Waals surface area contributed by atoms with Crippen LogP contribution in [0.15, 0.2) is 17.2 Å². The maximum absolute atomic E-state index is 12.6. The van der Waals surface area contributed by atoms with Gasteiger partial charge < -0.3 is 0 Å². The summed E-state index contributed by atoms with van der Waals surface area (Å²) in [7, 11) is -4.61. The van der Waals surface area contributed by atoms with E-state index in [-0.39, 0.29) is 37.9 Å². The summed E-state index contributed by atoms with van der Waals surface area (Å²) in [5.74, 6) is -0.199. The highest BCUT2D eigenvalue weighted by molar-refractivity contribution is 7.85. The lowest BCUT2D eigenvalue weighted by atomic mass is 10.4. The minimum absolute atomic E-state index is 0.0458. The fraction of sp³-hybridized carbons (Fsp3) is 0.100. The van der Waals surface area contributed by atoms with Gasteiger partial charge in [0.05, 0.1) is 5.02 Å². The summed E-state index contributed by atoms with van der Waals surface area (Å²) in [4.78, 5) is 3.26. The van der Waals surface area contributed by atoms with Crippen LogP contribution in [0.2, 0.25) is 10.2 Å². The number of halogens is 5. The van der Waals surface area contributed by atoms with Crippen LogP contribution < -0.4 is 0 Å². The second kappa shape index (κ2) is 5.52. The minimum Gasteiger partial charge on any atom is -0.293 e. The zero-order chi connectivity index (χ0) is 17.9. The summed E-state index contributed by atoms with van der Waals surface area (Å²) in [5, 5.41) is 4.59. The van der Waals surface area contributed by atoms with Crippen LogP contribution in [-0.2, 0) is 16.3 Å². The quantitative estimate of drug-likeness (QED) is 0.640. The SMILES string of the molecule is O=S(=O)(O)c1cc(Cl)c2c(Cl)nc(-c3nnc(C(F)(F)F)s3)n2c1. The molecule has 24 heavy (non-hydrogen) atoms. The Morgan fingerprint density at radius 3 is 2.46 bits per heavy atom. The smallest absolute Gasteiger partial charge is 0.293 e. The lowest BCUT2D eigenvalue weighted by Gasteiger charge is -2.03. The predicted molar refractivity (Wildman–Crippen MR) is 78.9 cm³/mol. The van der Waals surface area contributed by atoms with Crippen molar-refractivity contribution < 1.29 is 26.1 Å². The summed E-state index contributed by atoms with van der Waals surface area (Å²) in [6, 6.07) is 0.935. The van der Waals surface area contributed by atoms with Crippen molar-refractivity contribution in [2.24, 2.45) is 0 Å². The molecule has 3 aromatic heterocycles. The van der Waals surface area contributed by atoms with Crippen LogP contribution in [0.4, 0.5) is 13.2 Å². The highest BCUT2D eigenvalue weighted by atomic mass is 35.5. The largest absolute Gasteiger partial charge is 0.445 e.